The Hall–Kier alpha value is -1.65. The Morgan fingerprint density at radius 3 is 2.35 bits per heavy atom. The molecule has 0 radical (unpaired) electrons. The monoisotopic (exact) mass is 315 g/mol. The Labute approximate surface area is 124 Å². The summed E-state index contributed by atoms with van der Waals surface area (Å²) in [5.41, 5.74) is -0.0150. The highest BCUT2D eigenvalue weighted by molar-refractivity contribution is 6.35. The lowest BCUT2D eigenvalue weighted by atomic mass is 10.1. The van der Waals surface area contributed by atoms with Gasteiger partial charge in [-0.15, -0.1) is 0 Å². The fraction of sp³-hybridized carbons (Fsp3) is 0.0714. The Balaban J connectivity index is 2.13. The number of carbonyl (C=O) groups is 1. The van der Waals surface area contributed by atoms with E-state index in [9.17, 15) is 13.6 Å². The van der Waals surface area contributed by atoms with Crippen molar-refractivity contribution in [3.8, 4) is 0 Å². The molecule has 6 heteroatoms. The van der Waals surface area contributed by atoms with Crippen LogP contribution in [-0.2, 0) is 6.54 Å². The number of nitrogens with one attached hydrogen (secondary N) is 1. The SMILES string of the molecule is O=C(NCc1ccc(Cl)cc1Cl)c1c(F)cccc1F. The molecular formula is C14H9Cl2F2NO. The first-order valence-corrected chi connectivity index (χ1v) is 6.41. The van der Waals surface area contributed by atoms with Crippen molar-refractivity contribution < 1.29 is 13.6 Å². The summed E-state index contributed by atoms with van der Waals surface area (Å²) >= 11 is 11.7. The van der Waals surface area contributed by atoms with Crippen LogP contribution in [0.3, 0.4) is 0 Å². The van der Waals surface area contributed by atoms with Gasteiger partial charge >= 0.3 is 0 Å². The number of amides is 1. The largest absolute Gasteiger partial charge is 0.348 e. The Kier molecular flexibility index (Phi) is 4.57. The maximum Gasteiger partial charge on any atom is 0.257 e. The Morgan fingerprint density at radius 2 is 1.75 bits per heavy atom. The van der Waals surface area contributed by atoms with Crippen molar-refractivity contribution in [1.82, 2.24) is 5.32 Å². The molecule has 0 atom stereocenters. The number of rotatable bonds is 3. The summed E-state index contributed by atoms with van der Waals surface area (Å²) in [5.74, 6) is -2.67. The van der Waals surface area contributed by atoms with Gasteiger partial charge in [0.25, 0.3) is 5.91 Å². The molecule has 0 aromatic heterocycles. The van der Waals surface area contributed by atoms with E-state index >= 15 is 0 Å². The van der Waals surface area contributed by atoms with E-state index in [1.807, 2.05) is 0 Å². The summed E-state index contributed by atoms with van der Waals surface area (Å²) in [7, 11) is 0. The van der Waals surface area contributed by atoms with E-state index in [4.69, 9.17) is 23.2 Å². The topological polar surface area (TPSA) is 29.1 Å². The normalized spacial score (nSPS) is 10.4. The third kappa shape index (κ3) is 3.26. The fourth-order valence-electron chi connectivity index (χ4n) is 1.64. The fourth-order valence-corrected chi connectivity index (χ4v) is 2.12. The molecule has 2 aromatic rings. The van der Waals surface area contributed by atoms with Crippen LogP contribution in [0.2, 0.25) is 10.0 Å². The first-order valence-electron chi connectivity index (χ1n) is 5.65. The van der Waals surface area contributed by atoms with Crippen LogP contribution in [-0.4, -0.2) is 5.91 Å². The Bertz CT molecular complexity index is 641. The number of benzene rings is 2. The van der Waals surface area contributed by atoms with Gasteiger partial charge in [0.05, 0.1) is 0 Å². The predicted octanol–water partition coefficient (Wildman–Crippen LogP) is 4.20. The van der Waals surface area contributed by atoms with Crippen molar-refractivity contribution in [2.75, 3.05) is 0 Å². The van der Waals surface area contributed by atoms with Gasteiger partial charge in [-0.3, -0.25) is 4.79 Å². The second kappa shape index (κ2) is 6.20. The molecule has 1 amide bonds. The van der Waals surface area contributed by atoms with E-state index < -0.39 is 23.1 Å². The molecule has 0 saturated carbocycles. The van der Waals surface area contributed by atoms with Gasteiger partial charge in [-0.2, -0.15) is 0 Å². The van der Waals surface area contributed by atoms with Crippen LogP contribution >= 0.6 is 23.2 Å². The minimum Gasteiger partial charge on any atom is -0.348 e. The molecule has 2 nitrogen and oxygen atoms in total. The van der Waals surface area contributed by atoms with Crippen LogP contribution in [0.5, 0.6) is 0 Å². The zero-order chi connectivity index (χ0) is 14.7. The number of halogens is 4. The zero-order valence-corrected chi connectivity index (χ0v) is 11.6. The zero-order valence-electron chi connectivity index (χ0n) is 10.1. The predicted molar refractivity (Wildman–Crippen MR) is 74.0 cm³/mol. The quantitative estimate of drug-likeness (QED) is 0.903. The van der Waals surface area contributed by atoms with Crippen molar-refractivity contribution in [2.24, 2.45) is 0 Å². The molecule has 104 valence electrons. The molecule has 2 rings (SSSR count). The number of hydrogen-bond donors (Lipinski definition) is 1. The third-order valence-corrected chi connectivity index (χ3v) is 3.23. The average molecular weight is 316 g/mol. The molecule has 0 heterocycles. The maximum atomic E-state index is 13.4. The molecular weight excluding hydrogens is 307 g/mol. The van der Waals surface area contributed by atoms with Gasteiger partial charge in [0, 0.05) is 16.6 Å². The molecule has 0 fully saturated rings. The van der Waals surface area contributed by atoms with Crippen LogP contribution in [0.15, 0.2) is 36.4 Å². The summed E-state index contributed by atoms with van der Waals surface area (Å²) in [6.07, 6.45) is 0. The van der Waals surface area contributed by atoms with Crippen molar-refractivity contribution in [3.63, 3.8) is 0 Å². The minimum atomic E-state index is -0.912. The first-order chi connectivity index (χ1) is 9.49. The summed E-state index contributed by atoms with van der Waals surface area (Å²) < 4.78 is 26.8. The Morgan fingerprint density at radius 1 is 1.10 bits per heavy atom. The van der Waals surface area contributed by atoms with Gasteiger partial charge in [-0.1, -0.05) is 35.3 Å². The van der Waals surface area contributed by atoms with Gasteiger partial charge in [-0.05, 0) is 29.8 Å². The minimum absolute atomic E-state index is 0.0443. The summed E-state index contributed by atoms with van der Waals surface area (Å²) in [6.45, 7) is 0.0443. The molecule has 1 N–H and O–H groups in total. The smallest absolute Gasteiger partial charge is 0.257 e. The molecule has 2 aromatic carbocycles. The molecule has 0 aliphatic heterocycles. The van der Waals surface area contributed by atoms with Gasteiger partial charge < -0.3 is 5.32 Å². The van der Waals surface area contributed by atoms with E-state index in [2.05, 4.69) is 5.32 Å². The van der Waals surface area contributed by atoms with Crippen molar-refractivity contribution in [2.45, 2.75) is 6.54 Å². The van der Waals surface area contributed by atoms with Gasteiger partial charge in [0.1, 0.15) is 17.2 Å². The average Bonchev–Trinajstić information content (AvgIpc) is 2.37. The van der Waals surface area contributed by atoms with Crippen molar-refractivity contribution in [3.05, 3.63) is 69.2 Å². The van der Waals surface area contributed by atoms with Crippen LogP contribution in [0.1, 0.15) is 15.9 Å². The highest BCUT2D eigenvalue weighted by atomic mass is 35.5. The van der Waals surface area contributed by atoms with E-state index in [0.29, 0.717) is 15.6 Å². The lowest BCUT2D eigenvalue weighted by molar-refractivity contribution is 0.0942. The summed E-state index contributed by atoms with van der Waals surface area (Å²) in [6, 6.07) is 7.99. The molecule has 20 heavy (non-hydrogen) atoms. The van der Waals surface area contributed by atoms with Gasteiger partial charge in [-0.25, -0.2) is 8.78 Å². The third-order valence-electron chi connectivity index (χ3n) is 2.64. The molecule has 0 spiro atoms. The van der Waals surface area contributed by atoms with Crippen molar-refractivity contribution >= 4 is 29.1 Å². The van der Waals surface area contributed by atoms with Crippen LogP contribution in [0.4, 0.5) is 8.78 Å². The van der Waals surface area contributed by atoms with E-state index in [1.165, 1.54) is 12.1 Å². The standard InChI is InChI=1S/C14H9Cl2F2NO/c15-9-5-4-8(10(16)6-9)7-19-14(20)13-11(17)2-1-3-12(13)18/h1-6H,7H2,(H,19,20). The summed E-state index contributed by atoms with van der Waals surface area (Å²) in [5, 5.41) is 3.24. The molecule has 0 aliphatic rings. The van der Waals surface area contributed by atoms with Crippen LogP contribution in [0, 0.1) is 11.6 Å². The highest BCUT2D eigenvalue weighted by Gasteiger charge is 2.16. The molecule has 0 unspecified atom stereocenters. The lowest BCUT2D eigenvalue weighted by Crippen LogP contribution is -2.25. The van der Waals surface area contributed by atoms with E-state index in [1.54, 1.807) is 12.1 Å². The first kappa shape index (κ1) is 14.8. The van der Waals surface area contributed by atoms with E-state index in [-0.39, 0.29) is 6.54 Å². The van der Waals surface area contributed by atoms with Gasteiger partial charge in [0.2, 0.25) is 0 Å². The molecule has 0 bridgehead atoms. The second-order valence-corrected chi connectivity index (χ2v) is 4.86. The second-order valence-electron chi connectivity index (χ2n) is 4.02. The van der Waals surface area contributed by atoms with E-state index in [0.717, 1.165) is 12.1 Å². The van der Waals surface area contributed by atoms with Crippen LogP contribution in [0.25, 0.3) is 0 Å². The summed E-state index contributed by atoms with van der Waals surface area (Å²) in [4.78, 5) is 11.8. The van der Waals surface area contributed by atoms with Gasteiger partial charge in [0.15, 0.2) is 0 Å². The molecule has 0 saturated heterocycles. The highest BCUT2D eigenvalue weighted by Crippen LogP contribution is 2.21. The van der Waals surface area contributed by atoms with Crippen molar-refractivity contribution in [1.29, 1.82) is 0 Å². The van der Waals surface area contributed by atoms with Crippen LogP contribution < -0.4 is 5.32 Å². The number of carbonyl (C=O) groups excluding carboxylic acids is 1. The maximum absolute atomic E-state index is 13.4. The molecule has 0 aliphatic carbocycles. The lowest BCUT2D eigenvalue weighted by Gasteiger charge is -2.08. The number of hydrogen-bond acceptors (Lipinski definition) is 1.